The monoisotopic (exact) mass is 305 g/mol. The highest BCUT2D eigenvalue weighted by Crippen LogP contribution is 2.27. The molecule has 1 fully saturated rings. The second-order valence-electron chi connectivity index (χ2n) is 6.24. The molecule has 1 aromatic rings. The number of nitrogens with zero attached hydrogens (tertiary/aromatic N) is 3. The Labute approximate surface area is 129 Å². The summed E-state index contributed by atoms with van der Waals surface area (Å²) in [6.07, 6.45) is 8.08. The zero-order valence-electron chi connectivity index (χ0n) is 12.8. The molecule has 0 radical (unpaired) electrons. The lowest BCUT2D eigenvalue weighted by atomic mass is 9.86. The van der Waals surface area contributed by atoms with Gasteiger partial charge in [-0.05, 0) is 12.3 Å². The summed E-state index contributed by atoms with van der Waals surface area (Å²) in [7, 11) is 0. The molecule has 0 unspecified atom stereocenters. The van der Waals surface area contributed by atoms with Gasteiger partial charge in [-0.15, -0.1) is 5.10 Å². The van der Waals surface area contributed by atoms with Crippen molar-refractivity contribution in [1.29, 1.82) is 0 Å². The molecule has 2 aliphatic rings. The number of aromatic nitrogens is 3. The minimum atomic E-state index is -0.0551. The lowest BCUT2D eigenvalue weighted by molar-refractivity contribution is -0.123. The van der Waals surface area contributed by atoms with E-state index in [-0.39, 0.29) is 18.4 Å². The Morgan fingerprint density at radius 3 is 2.95 bits per heavy atom. The molecule has 0 aromatic carbocycles. The third-order valence-corrected chi connectivity index (χ3v) is 4.62. The van der Waals surface area contributed by atoms with Crippen LogP contribution in [0.3, 0.4) is 0 Å². The average molecular weight is 305 g/mol. The third kappa shape index (κ3) is 3.64. The highest BCUT2D eigenvalue weighted by atomic mass is 16.2. The van der Waals surface area contributed by atoms with E-state index in [0.717, 1.165) is 23.7 Å². The minimum Gasteiger partial charge on any atom is -0.350 e. The third-order valence-electron chi connectivity index (χ3n) is 4.62. The molecule has 22 heavy (non-hydrogen) atoms. The van der Waals surface area contributed by atoms with Gasteiger partial charge in [0.1, 0.15) is 12.2 Å². The van der Waals surface area contributed by atoms with Gasteiger partial charge in [0, 0.05) is 6.42 Å². The molecule has 2 heterocycles. The van der Waals surface area contributed by atoms with Gasteiger partial charge in [-0.3, -0.25) is 9.59 Å². The van der Waals surface area contributed by atoms with Crippen molar-refractivity contribution in [1.82, 2.24) is 25.6 Å². The van der Waals surface area contributed by atoms with E-state index < -0.39 is 0 Å². The zero-order valence-corrected chi connectivity index (χ0v) is 12.8. The largest absolute Gasteiger partial charge is 0.350 e. The summed E-state index contributed by atoms with van der Waals surface area (Å²) in [6, 6.07) is 0. The number of amides is 2. The van der Waals surface area contributed by atoms with Gasteiger partial charge in [0.15, 0.2) is 0 Å². The molecule has 7 nitrogen and oxygen atoms in total. The van der Waals surface area contributed by atoms with Crippen LogP contribution in [0.2, 0.25) is 0 Å². The first kappa shape index (κ1) is 15.0. The number of rotatable bonds is 5. The topological polar surface area (TPSA) is 88.9 Å². The summed E-state index contributed by atoms with van der Waals surface area (Å²) in [6.45, 7) is 1.02. The van der Waals surface area contributed by atoms with Crippen molar-refractivity contribution in [3.8, 4) is 0 Å². The summed E-state index contributed by atoms with van der Waals surface area (Å²) >= 11 is 0. The van der Waals surface area contributed by atoms with E-state index in [2.05, 4.69) is 20.9 Å². The first-order chi connectivity index (χ1) is 10.7. The number of carbonyl (C=O) groups is 2. The van der Waals surface area contributed by atoms with Gasteiger partial charge in [0.05, 0.1) is 18.8 Å². The zero-order chi connectivity index (χ0) is 15.4. The molecule has 0 bridgehead atoms. The van der Waals surface area contributed by atoms with Gasteiger partial charge in [-0.2, -0.15) is 0 Å². The SMILES string of the molecule is O=C(CCC1CCCCC1)NCc1nnn2c1CNC(=O)C2. The molecule has 1 saturated carbocycles. The molecule has 120 valence electrons. The lowest BCUT2D eigenvalue weighted by Crippen LogP contribution is -2.35. The number of hydrogen-bond donors (Lipinski definition) is 2. The molecule has 1 aliphatic carbocycles. The van der Waals surface area contributed by atoms with Crippen LogP contribution in [0, 0.1) is 5.92 Å². The van der Waals surface area contributed by atoms with Crippen molar-refractivity contribution in [2.75, 3.05) is 0 Å². The highest BCUT2D eigenvalue weighted by Gasteiger charge is 2.20. The maximum absolute atomic E-state index is 12.0. The number of fused-ring (bicyclic) bond motifs is 1. The van der Waals surface area contributed by atoms with Crippen molar-refractivity contribution in [2.45, 2.75) is 64.6 Å². The fourth-order valence-corrected chi connectivity index (χ4v) is 3.28. The molecule has 0 saturated heterocycles. The van der Waals surface area contributed by atoms with E-state index in [1.165, 1.54) is 32.1 Å². The molecule has 2 amide bonds. The molecule has 7 heteroatoms. The Morgan fingerprint density at radius 2 is 2.14 bits per heavy atom. The predicted molar refractivity (Wildman–Crippen MR) is 79.5 cm³/mol. The van der Waals surface area contributed by atoms with Crippen LogP contribution in [0.4, 0.5) is 0 Å². The van der Waals surface area contributed by atoms with Gasteiger partial charge in [0.25, 0.3) is 0 Å². The van der Waals surface area contributed by atoms with Crippen LogP contribution in [0.1, 0.15) is 56.3 Å². The van der Waals surface area contributed by atoms with Gasteiger partial charge >= 0.3 is 0 Å². The van der Waals surface area contributed by atoms with Gasteiger partial charge < -0.3 is 10.6 Å². The first-order valence-corrected chi connectivity index (χ1v) is 8.17. The van der Waals surface area contributed by atoms with Crippen LogP contribution >= 0.6 is 0 Å². The van der Waals surface area contributed by atoms with Crippen LogP contribution < -0.4 is 10.6 Å². The minimum absolute atomic E-state index is 0.0551. The molecule has 3 rings (SSSR count). The molecule has 1 aliphatic heterocycles. The summed E-state index contributed by atoms with van der Waals surface area (Å²) in [5.41, 5.74) is 1.62. The van der Waals surface area contributed by atoms with E-state index in [4.69, 9.17) is 0 Å². The number of carbonyl (C=O) groups excluding carboxylic acids is 2. The number of nitrogens with one attached hydrogen (secondary N) is 2. The van der Waals surface area contributed by atoms with Crippen molar-refractivity contribution >= 4 is 11.8 Å². The molecule has 1 aromatic heterocycles. The van der Waals surface area contributed by atoms with Crippen LogP contribution in [-0.4, -0.2) is 26.8 Å². The van der Waals surface area contributed by atoms with Crippen LogP contribution in [0.25, 0.3) is 0 Å². The predicted octanol–water partition coefficient (Wildman–Crippen LogP) is 0.885. The van der Waals surface area contributed by atoms with Gasteiger partial charge in [-0.1, -0.05) is 37.3 Å². The van der Waals surface area contributed by atoms with E-state index in [0.29, 0.717) is 19.5 Å². The van der Waals surface area contributed by atoms with E-state index in [1.54, 1.807) is 4.68 Å². The molecule has 0 spiro atoms. The summed E-state index contributed by atoms with van der Waals surface area (Å²) in [5, 5.41) is 13.7. The maximum atomic E-state index is 12.0. The van der Waals surface area contributed by atoms with Crippen molar-refractivity contribution < 1.29 is 9.59 Å². The van der Waals surface area contributed by atoms with Crippen LogP contribution in [-0.2, 0) is 29.2 Å². The Bertz CT molecular complexity index is 548. The molecule has 0 atom stereocenters. The lowest BCUT2D eigenvalue weighted by Gasteiger charge is -2.21. The molecular weight excluding hydrogens is 282 g/mol. The fraction of sp³-hybridized carbons (Fsp3) is 0.733. The van der Waals surface area contributed by atoms with Crippen molar-refractivity contribution in [3.63, 3.8) is 0 Å². The molecule has 2 N–H and O–H groups in total. The Hall–Kier alpha value is -1.92. The normalized spacial score (nSPS) is 18.6. The maximum Gasteiger partial charge on any atom is 0.242 e. The van der Waals surface area contributed by atoms with Crippen LogP contribution in [0.5, 0.6) is 0 Å². The van der Waals surface area contributed by atoms with Crippen molar-refractivity contribution in [2.24, 2.45) is 5.92 Å². The van der Waals surface area contributed by atoms with E-state index >= 15 is 0 Å². The van der Waals surface area contributed by atoms with Gasteiger partial charge in [-0.25, -0.2) is 4.68 Å². The smallest absolute Gasteiger partial charge is 0.242 e. The molecular formula is C15H23N5O2. The Morgan fingerprint density at radius 1 is 1.32 bits per heavy atom. The fourth-order valence-electron chi connectivity index (χ4n) is 3.28. The highest BCUT2D eigenvalue weighted by molar-refractivity contribution is 5.77. The van der Waals surface area contributed by atoms with Crippen LogP contribution in [0.15, 0.2) is 0 Å². The first-order valence-electron chi connectivity index (χ1n) is 8.17. The van der Waals surface area contributed by atoms with E-state index in [9.17, 15) is 9.59 Å². The van der Waals surface area contributed by atoms with E-state index in [1.807, 2.05) is 0 Å². The second-order valence-corrected chi connectivity index (χ2v) is 6.24. The second kappa shape index (κ2) is 6.89. The summed E-state index contributed by atoms with van der Waals surface area (Å²) in [4.78, 5) is 23.2. The Balaban J connectivity index is 1.44. The van der Waals surface area contributed by atoms with Crippen molar-refractivity contribution in [3.05, 3.63) is 11.4 Å². The Kier molecular flexibility index (Phi) is 4.70. The standard InChI is InChI=1S/C15H23N5O2/c21-14(7-6-11-4-2-1-3-5-11)16-8-12-13-9-17-15(22)10-20(13)19-18-12/h11H,1-10H2,(H,16,21)(H,17,22). The average Bonchev–Trinajstić information content (AvgIpc) is 2.94. The number of hydrogen-bond acceptors (Lipinski definition) is 4. The summed E-state index contributed by atoms with van der Waals surface area (Å²) in [5.74, 6) is 0.740. The summed E-state index contributed by atoms with van der Waals surface area (Å²) < 4.78 is 1.60. The van der Waals surface area contributed by atoms with Gasteiger partial charge in [0.2, 0.25) is 11.8 Å². The quantitative estimate of drug-likeness (QED) is 0.845.